The number of fused-ring (bicyclic) bond motifs is 64. The van der Waals surface area contributed by atoms with Crippen molar-refractivity contribution in [2.75, 3.05) is 14.2 Å². The monoisotopic (exact) mass is 1310 g/mol. The molecule has 20 aliphatic rings. The summed E-state index contributed by atoms with van der Waals surface area (Å²) in [6.45, 7) is 0. The zero-order valence-corrected chi connectivity index (χ0v) is 57.9. The van der Waals surface area contributed by atoms with Crippen LogP contribution in [-0.4, -0.2) is 26.8 Å². The summed E-state index contributed by atoms with van der Waals surface area (Å²) in [6, 6.07) is 44.7. The largest absolute Gasteiger partial charge is 0.497 e. The summed E-state index contributed by atoms with van der Waals surface area (Å²) >= 11 is 0. The van der Waals surface area contributed by atoms with Crippen LogP contribution in [0.15, 0.2) is 170 Å². The van der Waals surface area contributed by atoms with Gasteiger partial charge in [0.25, 0.3) is 0 Å². The Hall–Kier alpha value is -7.30. The van der Waals surface area contributed by atoms with E-state index in [0.29, 0.717) is 0 Å². The predicted octanol–water partition coefficient (Wildman–Crippen LogP) is 20.4. The van der Waals surface area contributed by atoms with Gasteiger partial charge in [-0.2, -0.15) is 0 Å². The number of rotatable bonds is 4. The van der Waals surface area contributed by atoms with Crippen LogP contribution in [0.1, 0.15) is 140 Å². The molecule has 0 heterocycles. The Bertz CT molecular complexity index is 5060. The molecule has 0 N–H and O–H groups in total. The minimum absolute atomic E-state index is 0.734. The molecule has 12 saturated carbocycles. The fourth-order valence-corrected chi connectivity index (χ4v) is 32.9. The number of ether oxygens (including phenoxy) is 2. The number of hydrogen-bond donors (Lipinski definition) is 0. The first kappa shape index (κ1) is 57.2. The summed E-state index contributed by atoms with van der Waals surface area (Å²) in [5.41, 5.74) is 14.8. The second-order valence-electron chi connectivity index (χ2n) is 37.1. The summed E-state index contributed by atoms with van der Waals surface area (Å²) < 4.78 is 11.0. The summed E-state index contributed by atoms with van der Waals surface area (Å²) in [5, 5.41) is 10.7. The third kappa shape index (κ3) is 7.19. The molecular weight excluding hydrogens is 1220 g/mol. The van der Waals surface area contributed by atoms with Gasteiger partial charge >= 0.3 is 0 Å². The molecule has 0 amide bonds. The Morgan fingerprint density at radius 2 is 0.630 bits per heavy atom. The quantitative estimate of drug-likeness (QED) is 0.100. The summed E-state index contributed by atoms with van der Waals surface area (Å²) in [7, 11) is 3.54. The van der Waals surface area contributed by atoms with Crippen molar-refractivity contribution in [3.8, 4) is 11.5 Å². The lowest BCUT2D eigenvalue weighted by molar-refractivity contribution is 0.111. The molecule has 12 fully saturated rings. The van der Waals surface area contributed by atoms with Crippen molar-refractivity contribution in [2.24, 2.45) is 166 Å². The SMILES string of the molecule is COc1ccc2c3c(ccc2c1)C1C(C3)C2CC1C1C3C=CC(C3)C21.COc1ccc2ccc3c(c2c1)CC1C2CC(C31)C1C3C=CC(C3)C21.O=Cc1cc2c(c3ccccc13)CC1C3CC(C21)C1C2C=CC(C2)C31.O=Cc1cccc2c3c(ccc12)C1C(C3)C2CC1C1C3C=CC(C3)C21. The van der Waals surface area contributed by atoms with Gasteiger partial charge in [0.2, 0.25) is 0 Å². The molecule has 0 aliphatic heterocycles. The molecule has 4 heteroatoms. The number of methoxy groups -OCH3 is 2. The van der Waals surface area contributed by atoms with Gasteiger partial charge in [-0.25, -0.2) is 0 Å². The van der Waals surface area contributed by atoms with Crippen LogP contribution < -0.4 is 9.47 Å². The molecule has 0 radical (unpaired) electrons. The molecule has 0 spiro atoms. The van der Waals surface area contributed by atoms with Gasteiger partial charge in [0.15, 0.2) is 12.6 Å². The standard InChI is InChI=1S/2C24H24O.2C24H22O/c1-25-15-5-7-16-12(9-15)4-6-17-18(16)10-20-19-11-21(24(17)20)23-14-3-2-13(8-14)22(19)23;1-25-15-6-4-12-5-7-16-18(17(12)9-15)10-20-19-11-21(24(16)20)23-14-3-2-13(8-14)22(19)23;25-11-14-2-1-3-16-15(14)6-7-17-18(16)9-20-19-10-21(24(17)20)23-13-5-4-12(8-13)22(19)23;25-11-14-8-18-17(16-4-2-1-3-15(14)16)9-20-19-10-21(24(18)20)23-13-6-5-12(7-13)22(19)23/h2*2-7,9,13-14,19-24H,8,10-11H2,1H3;1-7,11-13,19-24H,8-10H2;1-6,8,11-13,19-24H,7,9-10H2. The van der Waals surface area contributed by atoms with Crippen molar-refractivity contribution in [1.29, 1.82) is 0 Å². The number of aldehydes is 2. The highest BCUT2D eigenvalue weighted by atomic mass is 16.5. The molecular formula is C96H92O4. The number of allylic oxidation sites excluding steroid dienone is 8. The molecule has 28 rings (SSSR count). The Morgan fingerprint density at radius 3 is 1.10 bits per heavy atom. The third-order valence-electron chi connectivity index (χ3n) is 35.0. The van der Waals surface area contributed by atoms with E-state index >= 15 is 0 Å². The van der Waals surface area contributed by atoms with E-state index < -0.39 is 0 Å². The summed E-state index contributed by atoms with van der Waals surface area (Å²) in [4.78, 5) is 23.2. The van der Waals surface area contributed by atoms with Gasteiger partial charge in [0, 0.05) is 11.1 Å². The van der Waals surface area contributed by atoms with Crippen LogP contribution in [0.5, 0.6) is 11.5 Å². The second kappa shape index (κ2) is 20.3. The maximum atomic E-state index is 11.7. The Balaban J connectivity index is 0.0000000789. The maximum absolute atomic E-state index is 11.7. The molecule has 32 atom stereocenters. The minimum atomic E-state index is 0.734. The Labute approximate surface area is 588 Å². The molecule has 4 nitrogen and oxygen atoms in total. The lowest BCUT2D eigenvalue weighted by Gasteiger charge is -2.39. The Kier molecular flexibility index (Phi) is 11.6. The van der Waals surface area contributed by atoms with Crippen molar-refractivity contribution in [2.45, 2.75) is 101 Å². The molecule has 8 aromatic carbocycles. The van der Waals surface area contributed by atoms with Crippen LogP contribution in [-0.2, 0) is 25.7 Å². The van der Waals surface area contributed by atoms with E-state index in [1.54, 1.807) is 58.7 Å². The van der Waals surface area contributed by atoms with Crippen molar-refractivity contribution in [3.63, 3.8) is 0 Å². The maximum Gasteiger partial charge on any atom is 0.150 e. The van der Waals surface area contributed by atoms with Gasteiger partial charge in [-0.3, -0.25) is 9.59 Å². The fraction of sp³-hybridized carbons (Fsp3) is 0.479. The number of carbonyl (C=O) groups excluding carboxylic acids is 2. The van der Waals surface area contributed by atoms with E-state index in [1.165, 1.54) is 109 Å². The molecule has 20 aliphatic carbocycles. The molecule has 500 valence electrons. The van der Waals surface area contributed by atoms with E-state index in [-0.39, 0.29) is 0 Å². The van der Waals surface area contributed by atoms with Crippen LogP contribution in [0.4, 0.5) is 0 Å². The topological polar surface area (TPSA) is 52.6 Å². The van der Waals surface area contributed by atoms with Crippen molar-refractivity contribution in [3.05, 3.63) is 226 Å². The molecule has 0 aromatic heterocycles. The number of hydrogen-bond acceptors (Lipinski definition) is 4. The number of benzene rings is 8. The van der Waals surface area contributed by atoms with E-state index in [2.05, 4.69) is 164 Å². The van der Waals surface area contributed by atoms with Gasteiger partial charge in [-0.15, -0.1) is 0 Å². The van der Waals surface area contributed by atoms with Gasteiger partial charge in [-0.1, -0.05) is 140 Å². The average molecular weight is 1310 g/mol. The molecule has 16 bridgehead atoms. The fourth-order valence-electron chi connectivity index (χ4n) is 32.9. The average Bonchev–Trinajstić information content (AvgIpc) is 1.53. The minimum Gasteiger partial charge on any atom is -0.497 e. The third-order valence-corrected chi connectivity index (χ3v) is 35.0. The highest BCUT2D eigenvalue weighted by Crippen LogP contribution is 2.78. The predicted molar refractivity (Wildman–Crippen MR) is 397 cm³/mol. The second-order valence-corrected chi connectivity index (χ2v) is 37.1. The molecule has 8 aromatic rings. The van der Waals surface area contributed by atoms with E-state index in [0.717, 1.165) is 235 Å². The van der Waals surface area contributed by atoms with Crippen LogP contribution in [0, 0.1) is 166 Å². The first-order chi connectivity index (χ1) is 49.4. The van der Waals surface area contributed by atoms with Gasteiger partial charge in [0.1, 0.15) is 11.5 Å². The Morgan fingerprint density at radius 1 is 0.280 bits per heavy atom. The normalized spacial score (nSPS) is 44.3. The van der Waals surface area contributed by atoms with Crippen LogP contribution >= 0.6 is 0 Å². The smallest absolute Gasteiger partial charge is 0.150 e. The zero-order valence-electron chi connectivity index (χ0n) is 57.9. The van der Waals surface area contributed by atoms with E-state index in [1.807, 2.05) is 6.07 Å². The first-order valence-corrected chi connectivity index (χ1v) is 40.3. The lowest BCUT2D eigenvalue weighted by atomic mass is 9.65. The van der Waals surface area contributed by atoms with Crippen molar-refractivity contribution >= 4 is 55.7 Å². The zero-order chi connectivity index (χ0) is 65.1. The van der Waals surface area contributed by atoms with Gasteiger partial charge in [0.05, 0.1) is 14.2 Å². The van der Waals surface area contributed by atoms with Gasteiger partial charge in [-0.05, 0) is 384 Å². The molecule has 32 unspecified atom stereocenters. The summed E-state index contributed by atoms with van der Waals surface area (Å²) in [6.07, 6.45) is 39.6. The summed E-state index contributed by atoms with van der Waals surface area (Å²) in [5.74, 6) is 31.6. The van der Waals surface area contributed by atoms with Crippen LogP contribution in [0.2, 0.25) is 0 Å². The molecule has 100 heavy (non-hydrogen) atoms. The molecule has 0 saturated heterocycles. The first-order valence-electron chi connectivity index (χ1n) is 40.3. The highest BCUT2D eigenvalue weighted by molar-refractivity contribution is 6.02. The van der Waals surface area contributed by atoms with E-state index in [4.69, 9.17) is 9.47 Å². The van der Waals surface area contributed by atoms with Crippen molar-refractivity contribution in [1.82, 2.24) is 0 Å². The van der Waals surface area contributed by atoms with Crippen molar-refractivity contribution < 1.29 is 19.1 Å². The van der Waals surface area contributed by atoms with Gasteiger partial charge < -0.3 is 9.47 Å². The highest BCUT2D eigenvalue weighted by Gasteiger charge is 2.70. The van der Waals surface area contributed by atoms with Crippen LogP contribution in [0.3, 0.4) is 0 Å². The lowest BCUT2D eigenvalue weighted by Crippen LogP contribution is -2.34. The van der Waals surface area contributed by atoms with Crippen LogP contribution in [0.25, 0.3) is 43.1 Å². The number of carbonyl (C=O) groups is 2. The van der Waals surface area contributed by atoms with E-state index in [9.17, 15) is 9.59 Å².